The zero-order valence-corrected chi connectivity index (χ0v) is 15.2. The van der Waals surface area contributed by atoms with Crippen LogP contribution in [0.5, 0.6) is 0 Å². The van der Waals surface area contributed by atoms with Crippen molar-refractivity contribution in [3.05, 3.63) is 46.5 Å². The van der Waals surface area contributed by atoms with Gasteiger partial charge in [-0.05, 0) is 12.1 Å². The maximum atomic E-state index is 12.6. The van der Waals surface area contributed by atoms with Crippen LogP contribution < -0.4 is 10.7 Å². The van der Waals surface area contributed by atoms with Crippen LogP contribution in [0.25, 0.3) is 0 Å². The Morgan fingerprint density at radius 2 is 1.96 bits per heavy atom. The van der Waals surface area contributed by atoms with Crippen molar-refractivity contribution >= 4 is 39.9 Å². The number of amides is 3. The first-order chi connectivity index (χ1) is 13.1. The van der Waals surface area contributed by atoms with Crippen molar-refractivity contribution in [2.24, 2.45) is 5.10 Å². The lowest BCUT2D eigenvalue weighted by Crippen LogP contribution is -2.35. The number of anilines is 1. The lowest BCUT2D eigenvalue weighted by atomic mass is 10.1. The molecule has 138 valence electrons. The fourth-order valence-electron chi connectivity index (χ4n) is 2.99. The molecule has 0 saturated heterocycles. The van der Waals surface area contributed by atoms with Crippen molar-refractivity contribution in [1.29, 1.82) is 0 Å². The SMILES string of the molecule is O=C1CCC(C(=O)Nc2nc3c(s2)CN(C(=O)c2ccccc2)CC3)=NN1. The summed E-state index contributed by atoms with van der Waals surface area (Å²) in [4.78, 5) is 43.2. The zero-order chi connectivity index (χ0) is 18.8. The molecule has 4 rings (SSSR count). The summed E-state index contributed by atoms with van der Waals surface area (Å²) >= 11 is 1.37. The Bertz CT molecular complexity index is 938. The molecule has 0 spiro atoms. The molecule has 8 nitrogen and oxygen atoms in total. The van der Waals surface area contributed by atoms with E-state index < -0.39 is 0 Å². The van der Waals surface area contributed by atoms with Crippen LogP contribution in [0.3, 0.4) is 0 Å². The summed E-state index contributed by atoms with van der Waals surface area (Å²) in [5.74, 6) is -0.565. The molecule has 0 atom stereocenters. The zero-order valence-electron chi connectivity index (χ0n) is 14.4. The number of nitrogens with one attached hydrogen (secondary N) is 2. The number of hydrogen-bond donors (Lipinski definition) is 2. The molecule has 0 unspecified atom stereocenters. The fourth-order valence-corrected chi connectivity index (χ4v) is 4.01. The molecule has 2 aromatic rings. The standard InChI is InChI=1S/C18H17N5O3S/c24-15-7-6-13(21-22-15)16(25)20-18-19-12-8-9-23(10-14(12)27-18)17(26)11-4-2-1-3-5-11/h1-5H,6-10H2,(H,22,24)(H,19,20,25). The average molecular weight is 383 g/mol. The first-order valence-corrected chi connectivity index (χ1v) is 9.41. The topological polar surface area (TPSA) is 104 Å². The maximum absolute atomic E-state index is 12.6. The summed E-state index contributed by atoms with van der Waals surface area (Å²) in [6.45, 7) is 1.07. The third-order valence-corrected chi connectivity index (χ3v) is 5.42. The van der Waals surface area contributed by atoms with E-state index in [4.69, 9.17) is 0 Å². The van der Waals surface area contributed by atoms with Gasteiger partial charge in [0, 0.05) is 36.2 Å². The molecule has 1 aromatic heterocycles. The lowest BCUT2D eigenvalue weighted by Gasteiger charge is -2.26. The molecule has 0 bridgehead atoms. The minimum Gasteiger partial charge on any atom is -0.333 e. The molecular formula is C18H17N5O3S. The van der Waals surface area contributed by atoms with Crippen LogP contribution in [-0.4, -0.2) is 39.9 Å². The Balaban J connectivity index is 1.44. The molecule has 3 amide bonds. The molecule has 0 fully saturated rings. The highest BCUT2D eigenvalue weighted by molar-refractivity contribution is 7.16. The van der Waals surface area contributed by atoms with E-state index in [1.54, 1.807) is 17.0 Å². The Morgan fingerprint density at radius 1 is 1.15 bits per heavy atom. The predicted octanol–water partition coefficient (Wildman–Crippen LogP) is 1.55. The molecule has 2 aliphatic rings. The number of rotatable bonds is 3. The second kappa shape index (κ2) is 7.28. The van der Waals surface area contributed by atoms with Crippen LogP contribution >= 0.6 is 11.3 Å². The van der Waals surface area contributed by atoms with E-state index in [1.807, 2.05) is 18.2 Å². The van der Waals surface area contributed by atoms with Gasteiger partial charge in [-0.3, -0.25) is 19.7 Å². The normalized spacial score (nSPS) is 16.2. The molecule has 9 heteroatoms. The van der Waals surface area contributed by atoms with E-state index in [2.05, 4.69) is 20.8 Å². The summed E-state index contributed by atoms with van der Waals surface area (Å²) < 4.78 is 0. The monoisotopic (exact) mass is 383 g/mol. The van der Waals surface area contributed by atoms with Crippen molar-refractivity contribution in [3.63, 3.8) is 0 Å². The molecular weight excluding hydrogens is 366 g/mol. The van der Waals surface area contributed by atoms with Gasteiger partial charge in [-0.25, -0.2) is 10.4 Å². The molecule has 3 heterocycles. The number of aromatic nitrogens is 1. The van der Waals surface area contributed by atoms with Crippen LogP contribution in [0.2, 0.25) is 0 Å². The number of benzene rings is 1. The second-order valence-corrected chi connectivity index (χ2v) is 7.36. The average Bonchev–Trinajstić information content (AvgIpc) is 3.10. The van der Waals surface area contributed by atoms with E-state index in [0.29, 0.717) is 36.6 Å². The van der Waals surface area contributed by atoms with Crippen LogP contribution in [0.1, 0.15) is 33.8 Å². The highest BCUT2D eigenvalue weighted by Gasteiger charge is 2.26. The number of hydrogen-bond acceptors (Lipinski definition) is 6. The van der Waals surface area contributed by atoms with Crippen molar-refractivity contribution in [2.75, 3.05) is 11.9 Å². The fraction of sp³-hybridized carbons (Fsp3) is 0.278. The highest BCUT2D eigenvalue weighted by Crippen LogP contribution is 2.29. The smallest absolute Gasteiger partial charge is 0.273 e. The third kappa shape index (κ3) is 3.72. The quantitative estimate of drug-likeness (QED) is 0.839. The summed E-state index contributed by atoms with van der Waals surface area (Å²) in [7, 11) is 0. The van der Waals surface area contributed by atoms with E-state index >= 15 is 0 Å². The van der Waals surface area contributed by atoms with Gasteiger partial charge in [-0.2, -0.15) is 5.10 Å². The molecule has 2 aliphatic heterocycles. The highest BCUT2D eigenvalue weighted by atomic mass is 32.1. The van der Waals surface area contributed by atoms with Gasteiger partial charge in [-0.15, -0.1) is 0 Å². The Labute approximate surface area is 159 Å². The first kappa shape index (κ1) is 17.3. The summed E-state index contributed by atoms with van der Waals surface area (Å²) in [5.41, 5.74) is 4.16. The largest absolute Gasteiger partial charge is 0.333 e. The maximum Gasteiger partial charge on any atom is 0.273 e. The predicted molar refractivity (Wildman–Crippen MR) is 100 cm³/mol. The Morgan fingerprint density at radius 3 is 2.70 bits per heavy atom. The first-order valence-electron chi connectivity index (χ1n) is 8.60. The van der Waals surface area contributed by atoms with Gasteiger partial charge < -0.3 is 4.90 Å². The van der Waals surface area contributed by atoms with Crippen molar-refractivity contribution in [3.8, 4) is 0 Å². The Kier molecular flexibility index (Phi) is 4.68. The third-order valence-electron chi connectivity index (χ3n) is 4.43. The molecule has 0 saturated carbocycles. The van der Waals surface area contributed by atoms with Crippen LogP contribution in [0, 0.1) is 0 Å². The van der Waals surface area contributed by atoms with Gasteiger partial charge in [-0.1, -0.05) is 29.5 Å². The van der Waals surface area contributed by atoms with Crippen molar-refractivity contribution < 1.29 is 14.4 Å². The number of carbonyl (C=O) groups is 3. The van der Waals surface area contributed by atoms with Gasteiger partial charge in [0.25, 0.3) is 11.8 Å². The number of thiazole rings is 1. The second-order valence-electron chi connectivity index (χ2n) is 6.28. The summed E-state index contributed by atoms with van der Waals surface area (Å²) in [6.07, 6.45) is 1.20. The van der Waals surface area contributed by atoms with Crippen LogP contribution in [0.4, 0.5) is 5.13 Å². The summed E-state index contributed by atoms with van der Waals surface area (Å²) in [5, 5.41) is 7.01. The van der Waals surface area contributed by atoms with Gasteiger partial charge in [0.05, 0.1) is 12.2 Å². The van der Waals surface area contributed by atoms with Gasteiger partial charge >= 0.3 is 0 Å². The molecule has 1 aromatic carbocycles. The van der Waals surface area contributed by atoms with E-state index in [0.717, 1.165) is 10.6 Å². The van der Waals surface area contributed by atoms with Gasteiger partial charge in [0.2, 0.25) is 5.91 Å². The number of carbonyl (C=O) groups excluding carboxylic acids is 3. The van der Waals surface area contributed by atoms with E-state index in [-0.39, 0.29) is 29.9 Å². The number of hydrazone groups is 1. The van der Waals surface area contributed by atoms with Crippen LogP contribution in [-0.2, 0) is 22.6 Å². The van der Waals surface area contributed by atoms with E-state index in [1.165, 1.54) is 11.3 Å². The summed E-state index contributed by atoms with van der Waals surface area (Å²) in [6, 6.07) is 9.18. The lowest BCUT2D eigenvalue weighted by molar-refractivity contribution is -0.121. The molecule has 27 heavy (non-hydrogen) atoms. The van der Waals surface area contributed by atoms with Crippen LogP contribution in [0.15, 0.2) is 35.4 Å². The van der Waals surface area contributed by atoms with Gasteiger partial charge in [0.1, 0.15) is 5.71 Å². The number of fused-ring (bicyclic) bond motifs is 1. The van der Waals surface area contributed by atoms with Crippen molar-refractivity contribution in [2.45, 2.75) is 25.8 Å². The van der Waals surface area contributed by atoms with Gasteiger partial charge in [0.15, 0.2) is 5.13 Å². The molecule has 0 radical (unpaired) electrons. The number of nitrogens with zero attached hydrogens (tertiary/aromatic N) is 3. The minimum absolute atomic E-state index is 0.00691. The molecule has 0 aliphatic carbocycles. The minimum atomic E-state index is -0.363. The molecule has 2 N–H and O–H groups in total. The Hall–Kier alpha value is -3.07. The van der Waals surface area contributed by atoms with Crippen molar-refractivity contribution in [1.82, 2.24) is 15.3 Å². The van der Waals surface area contributed by atoms with E-state index in [9.17, 15) is 14.4 Å².